The number of H-pyrrole nitrogens is 1. The molecule has 3 heterocycles. The highest BCUT2D eigenvalue weighted by molar-refractivity contribution is 9.10. The first-order valence-corrected chi connectivity index (χ1v) is 10.6. The Kier molecular flexibility index (Phi) is 4.00. The fourth-order valence-corrected chi connectivity index (χ4v) is 5.07. The zero-order valence-electron chi connectivity index (χ0n) is 15.8. The minimum atomic E-state index is -1.28. The number of aromatic amines is 1. The second-order valence-electron chi connectivity index (χ2n) is 7.86. The van der Waals surface area contributed by atoms with Crippen LogP contribution in [0.3, 0.4) is 0 Å². The summed E-state index contributed by atoms with van der Waals surface area (Å²) in [6, 6.07) is 18.3. The number of hydrogen-bond donors (Lipinski definition) is 4. The molecular formula is C23H19BrN2O4. The summed E-state index contributed by atoms with van der Waals surface area (Å²) in [6.07, 6.45) is -4.50. The van der Waals surface area contributed by atoms with Gasteiger partial charge < -0.3 is 29.6 Å². The summed E-state index contributed by atoms with van der Waals surface area (Å²) < 4.78 is 8.75. The Hall–Kier alpha value is -2.42. The van der Waals surface area contributed by atoms with Crippen molar-refractivity contribution in [2.45, 2.75) is 24.5 Å². The van der Waals surface area contributed by atoms with Crippen LogP contribution in [0.5, 0.6) is 0 Å². The largest absolute Gasteiger partial charge is 0.388 e. The van der Waals surface area contributed by atoms with Gasteiger partial charge in [-0.1, -0.05) is 46.3 Å². The van der Waals surface area contributed by atoms with Gasteiger partial charge in [0, 0.05) is 31.5 Å². The van der Waals surface area contributed by atoms with E-state index in [1.807, 2.05) is 41.0 Å². The van der Waals surface area contributed by atoms with Crippen molar-refractivity contribution in [3.05, 3.63) is 59.1 Å². The zero-order valence-corrected chi connectivity index (χ0v) is 17.4. The van der Waals surface area contributed by atoms with Crippen LogP contribution in [-0.4, -0.2) is 49.8 Å². The number of aromatic nitrogens is 2. The van der Waals surface area contributed by atoms with Crippen LogP contribution < -0.4 is 0 Å². The third-order valence-corrected chi connectivity index (χ3v) is 6.63. The Morgan fingerprint density at radius 2 is 1.70 bits per heavy atom. The molecule has 5 aromatic rings. The van der Waals surface area contributed by atoms with Gasteiger partial charge >= 0.3 is 0 Å². The van der Waals surface area contributed by atoms with Crippen molar-refractivity contribution < 1.29 is 20.1 Å². The Morgan fingerprint density at radius 1 is 0.900 bits per heavy atom. The highest BCUT2D eigenvalue weighted by Gasteiger charge is 2.40. The third-order valence-electron chi connectivity index (χ3n) is 6.13. The Balaban J connectivity index is 1.76. The van der Waals surface area contributed by atoms with E-state index in [2.05, 4.69) is 39.1 Å². The Labute approximate surface area is 179 Å². The molecule has 6 rings (SSSR count). The van der Waals surface area contributed by atoms with Crippen molar-refractivity contribution in [3.8, 4) is 0 Å². The molecule has 0 bridgehead atoms. The van der Waals surface area contributed by atoms with Gasteiger partial charge in [-0.2, -0.15) is 0 Å². The monoisotopic (exact) mass is 466 g/mol. The number of fused-ring (bicyclic) bond motifs is 7. The van der Waals surface area contributed by atoms with Gasteiger partial charge in [0.25, 0.3) is 0 Å². The van der Waals surface area contributed by atoms with Crippen LogP contribution in [0, 0.1) is 0 Å². The molecule has 152 valence electrons. The van der Waals surface area contributed by atoms with Gasteiger partial charge in [-0.15, -0.1) is 0 Å². The number of nitrogens with zero attached hydrogens (tertiary/aromatic N) is 1. The molecule has 4 atom stereocenters. The first kappa shape index (κ1) is 18.4. The SMILES string of the molecule is OC1COC(n2c3ccc(Br)cc3c3ccc4c5ccccc5[nH]c4c32)C(O)C1O. The molecule has 0 spiro atoms. The van der Waals surface area contributed by atoms with E-state index in [1.165, 1.54) is 0 Å². The predicted molar refractivity (Wildman–Crippen MR) is 120 cm³/mol. The standard InChI is InChI=1S/C23H19BrN2O4/c24-11-5-8-17-15(9-11)14-7-6-13-12-3-1-2-4-16(12)25-19(13)20(14)26(17)23-22(29)21(28)18(27)10-30-23/h1-9,18,21-23,25,27-29H,10H2. The lowest BCUT2D eigenvalue weighted by molar-refractivity contribution is -0.208. The summed E-state index contributed by atoms with van der Waals surface area (Å²) in [5.74, 6) is 0. The van der Waals surface area contributed by atoms with E-state index in [4.69, 9.17) is 4.74 Å². The lowest BCUT2D eigenvalue weighted by Gasteiger charge is -2.36. The summed E-state index contributed by atoms with van der Waals surface area (Å²) in [5.41, 5.74) is 3.74. The highest BCUT2D eigenvalue weighted by atomic mass is 79.9. The van der Waals surface area contributed by atoms with Gasteiger partial charge in [0.1, 0.15) is 18.3 Å². The van der Waals surface area contributed by atoms with E-state index in [1.54, 1.807) is 0 Å². The minimum absolute atomic E-state index is 0.0523. The number of aliphatic hydroxyl groups is 3. The van der Waals surface area contributed by atoms with Crippen molar-refractivity contribution in [2.75, 3.05) is 6.61 Å². The van der Waals surface area contributed by atoms with E-state index in [0.29, 0.717) is 0 Å². The molecule has 4 N–H and O–H groups in total. The van der Waals surface area contributed by atoms with Crippen molar-refractivity contribution in [1.82, 2.24) is 9.55 Å². The fourth-order valence-electron chi connectivity index (χ4n) is 4.71. The summed E-state index contributed by atoms with van der Waals surface area (Å²) in [4.78, 5) is 3.53. The molecule has 1 aliphatic heterocycles. The molecule has 0 aliphatic carbocycles. The van der Waals surface area contributed by atoms with Gasteiger partial charge in [0.15, 0.2) is 6.23 Å². The van der Waals surface area contributed by atoms with Crippen LogP contribution in [0.4, 0.5) is 0 Å². The van der Waals surface area contributed by atoms with Gasteiger partial charge in [-0.05, 0) is 24.3 Å². The Bertz CT molecular complexity index is 1440. The van der Waals surface area contributed by atoms with Gasteiger partial charge in [0.2, 0.25) is 0 Å². The number of para-hydroxylation sites is 1. The predicted octanol–water partition coefficient (Wildman–Crippen LogP) is 3.80. The molecule has 1 saturated heterocycles. The molecule has 7 heteroatoms. The number of hydrogen-bond acceptors (Lipinski definition) is 4. The molecular weight excluding hydrogens is 448 g/mol. The van der Waals surface area contributed by atoms with E-state index in [-0.39, 0.29) is 6.61 Å². The van der Waals surface area contributed by atoms with Crippen molar-refractivity contribution in [2.24, 2.45) is 0 Å². The number of halogens is 1. The van der Waals surface area contributed by atoms with E-state index >= 15 is 0 Å². The lowest BCUT2D eigenvalue weighted by Crippen LogP contribution is -2.50. The van der Waals surface area contributed by atoms with Gasteiger partial charge in [-0.25, -0.2) is 0 Å². The molecule has 0 saturated carbocycles. The minimum Gasteiger partial charge on any atom is -0.388 e. The summed E-state index contributed by atoms with van der Waals surface area (Å²) in [7, 11) is 0. The van der Waals surface area contributed by atoms with Crippen LogP contribution in [0.15, 0.2) is 59.1 Å². The first-order valence-electron chi connectivity index (χ1n) is 9.83. The zero-order chi connectivity index (χ0) is 20.6. The number of ether oxygens (including phenoxy) is 1. The maximum atomic E-state index is 10.8. The van der Waals surface area contributed by atoms with E-state index in [9.17, 15) is 15.3 Å². The van der Waals surface area contributed by atoms with Crippen molar-refractivity contribution >= 4 is 59.5 Å². The van der Waals surface area contributed by atoms with Crippen LogP contribution in [0.25, 0.3) is 43.6 Å². The second-order valence-corrected chi connectivity index (χ2v) is 8.77. The number of rotatable bonds is 1. The number of aliphatic hydroxyl groups excluding tert-OH is 3. The summed E-state index contributed by atoms with van der Waals surface area (Å²) in [5, 5.41) is 35.3. The van der Waals surface area contributed by atoms with Gasteiger partial charge in [0.05, 0.1) is 23.2 Å². The molecule has 4 unspecified atom stereocenters. The molecule has 3 aromatic carbocycles. The fraction of sp³-hybridized carbons (Fsp3) is 0.217. The lowest BCUT2D eigenvalue weighted by atomic mass is 10.0. The summed E-state index contributed by atoms with van der Waals surface area (Å²) >= 11 is 3.56. The molecule has 2 aromatic heterocycles. The summed E-state index contributed by atoms with van der Waals surface area (Å²) in [6.45, 7) is -0.0523. The quantitative estimate of drug-likeness (QED) is 0.302. The molecule has 6 nitrogen and oxygen atoms in total. The first-order chi connectivity index (χ1) is 14.5. The molecule has 0 amide bonds. The van der Waals surface area contributed by atoms with Crippen LogP contribution in [0.2, 0.25) is 0 Å². The van der Waals surface area contributed by atoms with Gasteiger partial charge in [-0.3, -0.25) is 0 Å². The molecule has 1 aliphatic rings. The van der Waals surface area contributed by atoms with Crippen LogP contribution in [-0.2, 0) is 4.74 Å². The molecule has 1 fully saturated rings. The second kappa shape index (κ2) is 6.54. The average Bonchev–Trinajstić information content (AvgIpc) is 3.28. The average molecular weight is 467 g/mol. The molecule has 30 heavy (non-hydrogen) atoms. The van der Waals surface area contributed by atoms with Crippen molar-refractivity contribution in [1.29, 1.82) is 0 Å². The smallest absolute Gasteiger partial charge is 0.163 e. The Morgan fingerprint density at radius 3 is 2.57 bits per heavy atom. The number of nitrogens with one attached hydrogen (secondary N) is 1. The van der Waals surface area contributed by atoms with Crippen molar-refractivity contribution in [3.63, 3.8) is 0 Å². The molecule has 0 radical (unpaired) electrons. The third kappa shape index (κ3) is 2.44. The maximum Gasteiger partial charge on any atom is 0.163 e. The highest BCUT2D eigenvalue weighted by Crippen LogP contribution is 2.41. The number of benzene rings is 3. The topological polar surface area (TPSA) is 90.6 Å². The van der Waals surface area contributed by atoms with E-state index < -0.39 is 24.5 Å². The maximum absolute atomic E-state index is 10.8. The normalized spacial score (nSPS) is 25.1. The van der Waals surface area contributed by atoms with E-state index in [0.717, 1.165) is 48.1 Å². The van der Waals surface area contributed by atoms with Crippen LogP contribution in [0.1, 0.15) is 6.23 Å². The van der Waals surface area contributed by atoms with Crippen LogP contribution >= 0.6 is 15.9 Å².